The summed E-state index contributed by atoms with van der Waals surface area (Å²) in [5.74, 6) is -0.914. The maximum absolute atomic E-state index is 12.7. The minimum Gasteiger partial charge on any atom is -0.480 e. The van der Waals surface area contributed by atoms with E-state index in [1.807, 2.05) is 30.0 Å². The highest BCUT2D eigenvalue weighted by Gasteiger charge is 2.29. The van der Waals surface area contributed by atoms with Gasteiger partial charge in [0.15, 0.2) is 0 Å². The van der Waals surface area contributed by atoms with Gasteiger partial charge in [0.25, 0.3) is 0 Å². The fourth-order valence-corrected chi connectivity index (χ4v) is 3.06. The number of fused-ring (bicyclic) bond motifs is 1. The Balaban J connectivity index is 0.00000264. The van der Waals surface area contributed by atoms with Crippen molar-refractivity contribution in [1.82, 2.24) is 4.90 Å². The van der Waals surface area contributed by atoms with E-state index in [0.29, 0.717) is 6.54 Å². The van der Waals surface area contributed by atoms with Gasteiger partial charge in [-0.25, -0.2) is 0 Å². The van der Waals surface area contributed by atoms with Crippen molar-refractivity contribution < 1.29 is 14.7 Å². The predicted octanol–water partition coefficient (Wildman–Crippen LogP) is 2.57. The summed E-state index contributed by atoms with van der Waals surface area (Å²) in [4.78, 5) is 27.2. The molecule has 1 unspecified atom stereocenters. The number of amides is 1. The molecule has 1 aliphatic rings. The number of rotatable bonds is 6. The minimum atomic E-state index is -0.895. The molecule has 0 fully saturated rings. The number of halogens is 1. The number of carboxylic acid groups (broad SMARTS) is 1. The third kappa shape index (κ3) is 4.94. The molecule has 0 saturated carbocycles. The Bertz CT molecular complexity index is 550. The lowest BCUT2D eigenvalue weighted by atomic mass is 9.96. The van der Waals surface area contributed by atoms with Gasteiger partial charge in [0.05, 0.1) is 13.1 Å². The number of aryl methyl sites for hydroxylation is 1. The second-order valence-corrected chi connectivity index (χ2v) is 5.88. The van der Waals surface area contributed by atoms with Gasteiger partial charge in [-0.05, 0) is 44.4 Å². The zero-order valence-electron chi connectivity index (χ0n) is 13.7. The monoisotopic (exact) mass is 340 g/mol. The van der Waals surface area contributed by atoms with E-state index in [0.717, 1.165) is 24.9 Å². The molecule has 0 aliphatic carbocycles. The third-order valence-electron chi connectivity index (χ3n) is 4.05. The quantitative estimate of drug-likeness (QED) is 0.864. The molecule has 6 heteroatoms. The smallest absolute Gasteiger partial charge is 0.317 e. The van der Waals surface area contributed by atoms with Gasteiger partial charge in [0, 0.05) is 11.7 Å². The summed E-state index contributed by atoms with van der Waals surface area (Å²) in [5.41, 5.74) is 2.16. The average Bonchev–Trinajstić information content (AvgIpc) is 2.46. The van der Waals surface area contributed by atoms with E-state index in [1.54, 1.807) is 4.90 Å². The Labute approximate surface area is 143 Å². The molecule has 1 amide bonds. The van der Waals surface area contributed by atoms with E-state index in [9.17, 15) is 9.59 Å². The molecule has 2 rings (SSSR count). The first kappa shape index (κ1) is 19.5. The Kier molecular flexibility index (Phi) is 7.52. The van der Waals surface area contributed by atoms with Crippen LogP contribution in [0.1, 0.15) is 32.3 Å². The highest BCUT2D eigenvalue weighted by molar-refractivity contribution is 5.96. The normalized spacial score (nSPS) is 16.7. The number of hydrogen-bond donors (Lipinski definition) is 1. The van der Waals surface area contributed by atoms with Crippen LogP contribution in [0.15, 0.2) is 24.3 Å². The SMILES string of the molecule is CCCN(CC(=O)O)CC(=O)N1c2ccccc2CCC1C.Cl. The summed E-state index contributed by atoms with van der Waals surface area (Å²) in [7, 11) is 0. The first-order valence-corrected chi connectivity index (χ1v) is 7.87. The molecule has 0 saturated heterocycles. The molecule has 23 heavy (non-hydrogen) atoms. The zero-order chi connectivity index (χ0) is 16.1. The molecule has 128 valence electrons. The number of carboxylic acids is 1. The lowest BCUT2D eigenvalue weighted by molar-refractivity contribution is -0.138. The van der Waals surface area contributed by atoms with E-state index in [1.165, 1.54) is 5.56 Å². The van der Waals surface area contributed by atoms with Crippen molar-refractivity contribution >= 4 is 30.0 Å². The van der Waals surface area contributed by atoms with Crippen molar-refractivity contribution in [3.05, 3.63) is 29.8 Å². The van der Waals surface area contributed by atoms with E-state index >= 15 is 0 Å². The summed E-state index contributed by atoms with van der Waals surface area (Å²) in [5, 5.41) is 8.98. The molecular formula is C17H25ClN2O3. The van der Waals surface area contributed by atoms with Gasteiger partial charge in [0.2, 0.25) is 5.91 Å². The number of anilines is 1. The lowest BCUT2D eigenvalue weighted by Crippen LogP contribution is -2.48. The number of carbonyl (C=O) groups excluding carboxylic acids is 1. The van der Waals surface area contributed by atoms with E-state index in [2.05, 4.69) is 13.0 Å². The Morgan fingerprint density at radius 2 is 2.00 bits per heavy atom. The molecule has 0 bridgehead atoms. The molecule has 5 nitrogen and oxygen atoms in total. The Hall–Kier alpha value is -1.59. The molecular weight excluding hydrogens is 316 g/mol. The highest BCUT2D eigenvalue weighted by Crippen LogP contribution is 2.30. The minimum absolute atomic E-state index is 0. The summed E-state index contributed by atoms with van der Waals surface area (Å²) in [6.45, 7) is 4.71. The maximum Gasteiger partial charge on any atom is 0.317 e. The summed E-state index contributed by atoms with van der Waals surface area (Å²) in [6, 6.07) is 8.12. The van der Waals surface area contributed by atoms with Crippen molar-refractivity contribution in [2.24, 2.45) is 0 Å². The lowest BCUT2D eigenvalue weighted by Gasteiger charge is -2.36. The highest BCUT2D eigenvalue weighted by atomic mass is 35.5. The second kappa shape index (κ2) is 8.89. The van der Waals surface area contributed by atoms with E-state index in [-0.39, 0.29) is 37.4 Å². The molecule has 1 heterocycles. The van der Waals surface area contributed by atoms with Gasteiger partial charge in [-0.1, -0.05) is 25.1 Å². The van der Waals surface area contributed by atoms with Crippen LogP contribution >= 0.6 is 12.4 Å². The van der Waals surface area contributed by atoms with Crippen molar-refractivity contribution in [3.8, 4) is 0 Å². The summed E-state index contributed by atoms with van der Waals surface area (Å²) < 4.78 is 0. The standard InChI is InChI=1S/C17H24N2O3.ClH/c1-3-10-18(12-17(21)22)11-16(20)19-13(2)8-9-14-6-4-5-7-15(14)19;/h4-7,13H,3,8-12H2,1-2H3,(H,21,22);1H. The molecule has 1 aromatic rings. The van der Waals surface area contributed by atoms with Crippen LogP contribution in [0.4, 0.5) is 5.69 Å². The van der Waals surface area contributed by atoms with Crippen LogP contribution < -0.4 is 4.90 Å². The second-order valence-electron chi connectivity index (χ2n) is 5.88. The van der Waals surface area contributed by atoms with Crippen molar-refractivity contribution in [3.63, 3.8) is 0 Å². The molecule has 0 spiro atoms. The molecule has 0 radical (unpaired) electrons. The summed E-state index contributed by atoms with van der Waals surface area (Å²) >= 11 is 0. The van der Waals surface area contributed by atoms with E-state index in [4.69, 9.17) is 5.11 Å². The van der Waals surface area contributed by atoms with Gasteiger partial charge in [-0.15, -0.1) is 12.4 Å². The van der Waals surface area contributed by atoms with Crippen LogP contribution in [0.25, 0.3) is 0 Å². The Morgan fingerprint density at radius 1 is 1.30 bits per heavy atom. The zero-order valence-corrected chi connectivity index (χ0v) is 14.5. The first-order chi connectivity index (χ1) is 10.5. The van der Waals surface area contributed by atoms with Crippen molar-refractivity contribution in [2.75, 3.05) is 24.5 Å². The third-order valence-corrected chi connectivity index (χ3v) is 4.05. The number of carbonyl (C=O) groups is 2. The number of benzene rings is 1. The van der Waals surface area contributed by atoms with Gasteiger partial charge in [-0.3, -0.25) is 14.5 Å². The van der Waals surface area contributed by atoms with Crippen LogP contribution in [-0.4, -0.2) is 47.6 Å². The molecule has 0 aromatic heterocycles. The van der Waals surface area contributed by atoms with Crippen molar-refractivity contribution in [2.45, 2.75) is 39.2 Å². The van der Waals surface area contributed by atoms with Crippen LogP contribution in [-0.2, 0) is 16.0 Å². The summed E-state index contributed by atoms with van der Waals surface area (Å²) in [6.07, 6.45) is 2.75. The van der Waals surface area contributed by atoms with Gasteiger partial charge >= 0.3 is 5.97 Å². The van der Waals surface area contributed by atoms with Gasteiger partial charge in [-0.2, -0.15) is 0 Å². The van der Waals surface area contributed by atoms with Crippen LogP contribution in [0.3, 0.4) is 0 Å². The number of nitrogens with zero attached hydrogens (tertiary/aromatic N) is 2. The molecule has 1 atom stereocenters. The average molecular weight is 341 g/mol. The van der Waals surface area contributed by atoms with E-state index < -0.39 is 5.97 Å². The number of para-hydroxylation sites is 1. The van der Waals surface area contributed by atoms with Crippen molar-refractivity contribution in [1.29, 1.82) is 0 Å². The topological polar surface area (TPSA) is 60.9 Å². The van der Waals surface area contributed by atoms with Crippen LogP contribution in [0, 0.1) is 0 Å². The van der Waals surface area contributed by atoms with Crippen LogP contribution in [0.5, 0.6) is 0 Å². The molecule has 1 aliphatic heterocycles. The van der Waals surface area contributed by atoms with Gasteiger partial charge in [0.1, 0.15) is 0 Å². The predicted molar refractivity (Wildman–Crippen MR) is 93.3 cm³/mol. The molecule has 1 N–H and O–H groups in total. The van der Waals surface area contributed by atoms with Gasteiger partial charge < -0.3 is 10.0 Å². The maximum atomic E-state index is 12.7. The molecule has 1 aromatic carbocycles. The first-order valence-electron chi connectivity index (χ1n) is 7.87. The Morgan fingerprint density at radius 3 is 2.65 bits per heavy atom. The van der Waals surface area contributed by atoms with Crippen LogP contribution in [0.2, 0.25) is 0 Å². The number of hydrogen-bond acceptors (Lipinski definition) is 3. The fourth-order valence-electron chi connectivity index (χ4n) is 3.06. The number of aliphatic carboxylic acids is 1. The largest absolute Gasteiger partial charge is 0.480 e. The fraction of sp³-hybridized carbons (Fsp3) is 0.529.